The molecule has 0 radical (unpaired) electrons. The van der Waals surface area contributed by atoms with E-state index in [1.807, 2.05) is 13.8 Å². The fourth-order valence-electron chi connectivity index (χ4n) is 3.60. The molecule has 1 N–H and O–H groups in total. The van der Waals surface area contributed by atoms with E-state index >= 15 is 0 Å². The Kier molecular flexibility index (Phi) is 6.01. The van der Waals surface area contributed by atoms with Crippen molar-refractivity contribution in [1.82, 2.24) is 14.6 Å². The molecule has 0 fully saturated rings. The molecule has 180 valence electrons. The summed E-state index contributed by atoms with van der Waals surface area (Å²) in [5, 5.41) is 17.5. The number of carbonyl (C=O) groups is 1. The van der Waals surface area contributed by atoms with E-state index in [-0.39, 0.29) is 34.2 Å². The molecule has 2 aromatic carbocycles. The van der Waals surface area contributed by atoms with Crippen LogP contribution in [0.3, 0.4) is 0 Å². The summed E-state index contributed by atoms with van der Waals surface area (Å²) in [5.74, 6) is -0.638. The minimum absolute atomic E-state index is 0.0102. The molecule has 0 aliphatic carbocycles. The minimum atomic E-state index is -4.77. The van der Waals surface area contributed by atoms with E-state index in [0.29, 0.717) is 15.6 Å². The molecule has 0 saturated carbocycles. The van der Waals surface area contributed by atoms with Gasteiger partial charge in [0.15, 0.2) is 11.3 Å². The molecule has 2 aromatic heterocycles. The zero-order valence-corrected chi connectivity index (χ0v) is 18.9. The number of hydrogen-bond donors (Lipinski definition) is 1. The number of amides is 1. The van der Waals surface area contributed by atoms with Crippen molar-refractivity contribution in [2.24, 2.45) is 0 Å². The van der Waals surface area contributed by atoms with Gasteiger partial charge in [-0.2, -0.15) is 18.3 Å². The lowest BCUT2D eigenvalue weighted by Gasteiger charge is -2.12. The third-order valence-corrected chi connectivity index (χ3v) is 5.48. The van der Waals surface area contributed by atoms with E-state index in [1.165, 1.54) is 12.1 Å². The van der Waals surface area contributed by atoms with Crippen LogP contribution in [0.15, 0.2) is 54.7 Å². The second-order valence-corrected chi connectivity index (χ2v) is 8.33. The first-order valence-corrected chi connectivity index (χ1v) is 10.6. The molecule has 0 aliphatic rings. The number of halogens is 3. The third-order valence-electron chi connectivity index (χ3n) is 5.48. The van der Waals surface area contributed by atoms with Crippen molar-refractivity contribution >= 4 is 22.9 Å². The number of rotatable bonds is 5. The Labute approximate surface area is 197 Å². The zero-order valence-electron chi connectivity index (χ0n) is 18.9. The standard InChI is InChI=1S/C24H20F3N5O3/c1-13(2)15-5-7-16(8-6-15)19-11-21(24(25,26)27)31-22(29-19)17(12-28-31)23(33)30-18-9-4-14(3)10-20(18)32(34)35/h4-13H,1-3H3,(H,30,33). The highest BCUT2D eigenvalue weighted by molar-refractivity contribution is 6.09. The molecule has 0 unspecified atom stereocenters. The van der Waals surface area contributed by atoms with Gasteiger partial charge in [0.2, 0.25) is 0 Å². The molecule has 2 heterocycles. The van der Waals surface area contributed by atoms with Crippen molar-refractivity contribution in [3.05, 3.63) is 87.2 Å². The van der Waals surface area contributed by atoms with E-state index in [1.54, 1.807) is 37.3 Å². The highest BCUT2D eigenvalue weighted by atomic mass is 19.4. The van der Waals surface area contributed by atoms with Gasteiger partial charge in [0, 0.05) is 11.6 Å². The van der Waals surface area contributed by atoms with Gasteiger partial charge in [0.05, 0.1) is 16.8 Å². The Morgan fingerprint density at radius 3 is 2.40 bits per heavy atom. The van der Waals surface area contributed by atoms with Crippen molar-refractivity contribution in [1.29, 1.82) is 0 Å². The first-order chi connectivity index (χ1) is 16.5. The molecule has 0 bridgehead atoms. The van der Waals surface area contributed by atoms with E-state index in [0.717, 1.165) is 17.8 Å². The molecule has 0 saturated heterocycles. The fourth-order valence-corrected chi connectivity index (χ4v) is 3.60. The van der Waals surface area contributed by atoms with Gasteiger partial charge < -0.3 is 5.32 Å². The molecule has 0 spiro atoms. The summed E-state index contributed by atoms with van der Waals surface area (Å²) in [6, 6.07) is 12.0. The Morgan fingerprint density at radius 1 is 1.11 bits per heavy atom. The van der Waals surface area contributed by atoms with E-state index < -0.39 is 22.7 Å². The number of hydrogen-bond acceptors (Lipinski definition) is 5. The van der Waals surface area contributed by atoms with Crippen LogP contribution < -0.4 is 5.32 Å². The average molecular weight is 483 g/mol. The first kappa shape index (κ1) is 23.9. The van der Waals surface area contributed by atoms with Crippen molar-refractivity contribution in [3.8, 4) is 11.3 Å². The molecular weight excluding hydrogens is 463 g/mol. The van der Waals surface area contributed by atoms with Gasteiger partial charge in [-0.15, -0.1) is 0 Å². The molecule has 35 heavy (non-hydrogen) atoms. The van der Waals surface area contributed by atoms with E-state index in [9.17, 15) is 28.1 Å². The Balaban J connectivity index is 1.82. The van der Waals surface area contributed by atoms with E-state index in [2.05, 4.69) is 15.4 Å². The number of nitro benzene ring substituents is 1. The molecule has 4 rings (SSSR count). The van der Waals surface area contributed by atoms with Gasteiger partial charge in [0.25, 0.3) is 11.6 Å². The quantitative estimate of drug-likeness (QED) is 0.277. The normalized spacial score (nSPS) is 11.7. The van der Waals surface area contributed by atoms with Gasteiger partial charge in [-0.25, -0.2) is 9.50 Å². The lowest BCUT2D eigenvalue weighted by atomic mass is 10.0. The second-order valence-electron chi connectivity index (χ2n) is 8.33. The van der Waals surface area contributed by atoms with Crippen molar-refractivity contribution in [3.63, 3.8) is 0 Å². The maximum absolute atomic E-state index is 13.9. The second kappa shape index (κ2) is 8.82. The number of nitrogens with zero attached hydrogens (tertiary/aromatic N) is 4. The molecule has 4 aromatic rings. The van der Waals surface area contributed by atoms with E-state index in [4.69, 9.17) is 0 Å². The maximum Gasteiger partial charge on any atom is 0.433 e. The number of aryl methyl sites for hydroxylation is 1. The summed E-state index contributed by atoms with van der Waals surface area (Å²) in [7, 11) is 0. The van der Waals surface area contributed by atoms with Gasteiger partial charge in [-0.1, -0.05) is 44.2 Å². The Morgan fingerprint density at radius 2 is 1.80 bits per heavy atom. The van der Waals surface area contributed by atoms with Crippen LogP contribution in [0.4, 0.5) is 24.5 Å². The van der Waals surface area contributed by atoms with Crippen LogP contribution >= 0.6 is 0 Å². The summed E-state index contributed by atoms with van der Waals surface area (Å²) in [6.45, 7) is 5.65. The lowest BCUT2D eigenvalue weighted by molar-refractivity contribution is -0.384. The summed E-state index contributed by atoms with van der Waals surface area (Å²) in [5.41, 5.74) is -0.0663. The lowest BCUT2D eigenvalue weighted by Crippen LogP contribution is -2.16. The highest BCUT2D eigenvalue weighted by Gasteiger charge is 2.36. The topological polar surface area (TPSA) is 102 Å². The van der Waals surface area contributed by atoms with Crippen molar-refractivity contribution < 1.29 is 22.9 Å². The predicted molar refractivity (Wildman–Crippen MR) is 123 cm³/mol. The largest absolute Gasteiger partial charge is 0.433 e. The van der Waals surface area contributed by atoms with Gasteiger partial charge in [-0.3, -0.25) is 14.9 Å². The van der Waals surface area contributed by atoms with Crippen LogP contribution in [0, 0.1) is 17.0 Å². The van der Waals surface area contributed by atoms with Crippen LogP contribution in [0.25, 0.3) is 16.9 Å². The van der Waals surface area contributed by atoms with Crippen LogP contribution in [0.1, 0.15) is 46.9 Å². The minimum Gasteiger partial charge on any atom is -0.316 e. The number of nitrogens with one attached hydrogen (secondary N) is 1. The molecule has 1 amide bonds. The molecular formula is C24H20F3N5O3. The number of nitro groups is 1. The number of benzene rings is 2. The Bertz CT molecular complexity index is 1440. The smallest absolute Gasteiger partial charge is 0.316 e. The number of carbonyl (C=O) groups excluding carboxylic acids is 1. The predicted octanol–water partition coefficient (Wildman–Crippen LogP) is 6.01. The molecule has 11 heteroatoms. The summed E-state index contributed by atoms with van der Waals surface area (Å²) in [6.07, 6.45) is -3.82. The SMILES string of the molecule is Cc1ccc(NC(=O)c2cnn3c(C(F)(F)F)cc(-c4ccc(C(C)C)cc4)nc23)c([N+](=O)[O-])c1. The highest BCUT2D eigenvalue weighted by Crippen LogP contribution is 2.33. The molecule has 8 nitrogen and oxygen atoms in total. The van der Waals surface area contributed by atoms with Crippen LogP contribution in [0.5, 0.6) is 0 Å². The number of alkyl halides is 3. The molecule has 0 aliphatic heterocycles. The van der Waals surface area contributed by atoms with Gasteiger partial charge >= 0.3 is 6.18 Å². The number of aromatic nitrogens is 3. The van der Waals surface area contributed by atoms with Crippen LogP contribution in [-0.4, -0.2) is 25.4 Å². The summed E-state index contributed by atoms with van der Waals surface area (Å²) in [4.78, 5) is 28.0. The average Bonchev–Trinajstić information content (AvgIpc) is 3.23. The number of anilines is 1. The van der Waals surface area contributed by atoms with Crippen molar-refractivity contribution in [2.45, 2.75) is 32.9 Å². The molecule has 0 atom stereocenters. The first-order valence-electron chi connectivity index (χ1n) is 10.6. The number of fused-ring (bicyclic) bond motifs is 1. The third kappa shape index (κ3) is 4.70. The van der Waals surface area contributed by atoms with Gasteiger partial charge in [0.1, 0.15) is 11.3 Å². The van der Waals surface area contributed by atoms with Crippen molar-refractivity contribution in [2.75, 3.05) is 5.32 Å². The summed E-state index contributed by atoms with van der Waals surface area (Å²) >= 11 is 0. The zero-order chi connectivity index (χ0) is 25.5. The maximum atomic E-state index is 13.9. The van der Waals surface area contributed by atoms with Crippen LogP contribution in [-0.2, 0) is 6.18 Å². The Hall–Kier alpha value is -4.28. The monoisotopic (exact) mass is 483 g/mol. The van der Waals surface area contributed by atoms with Gasteiger partial charge in [-0.05, 0) is 36.1 Å². The van der Waals surface area contributed by atoms with Crippen LogP contribution in [0.2, 0.25) is 0 Å². The fraction of sp³-hybridized carbons (Fsp3) is 0.208. The summed E-state index contributed by atoms with van der Waals surface area (Å²) < 4.78 is 42.1.